The van der Waals surface area contributed by atoms with Crippen LogP contribution in [0.5, 0.6) is 0 Å². The van der Waals surface area contributed by atoms with Crippen molar-refractivity contribution in [2.45, 2.75) is 110 Å². The van der Waals surface area contributed by atoms with Crippen LogP contribution in [0.2, 0.25) is 0 Å². The molecule has 0 aliphatic rings. The van der Waals surface area contributed by atoms with Gasteiger partial charge in [-0.3, -0.25) is 4.79 Å². The van der Waals surface area contributed by atoms with Crippen LogP contribution in [-0.2, 0) is 9.53 Å². The van der Waals surface area contributed by atoms with Gasteiger partial charge in [0.05, 0.1) is 7.11 Å². The number of allylic oxidation sites excluding steroid dienone is 2. The summed E-state index contributed by atoms with van der Waals surface area (Å²) in [5.41, 5.74) is 0. The average molecular weight is 325 g/mol. The van der Waals surface area contributed by atoms with Crippen LogP contribution >= 0.6 is 0 Å². The van der Waals surface area contributed by atoms with Crippen molar-refractivity contribution in [3.8, 4) is 0 Å². The molecule has 0 spiro atoms. The molecule has 2 heteroatoms. The van der Waals surface area contributed by atoms with E-state index in [0.29, 0.717) is 6.42 Å². The minimum absolute atomic E-state index is 0.0704. The molecular weight excluding hydrogens is 284 g/mol. The molecule has 0 aromatic carbocycles. The van der Waals surface area contributed by atoms with E-state index in [0.717, 1.165) is 12.8 Å². The predicted molar refractivity (Wildman–Crippen MR) is 101 cm³/mol. The monoisotopic (exact) mass is 324 g/mol. The van der Waals surface area contributed by atoms with E-state index >= 15 is 0 Å². The first kappa shape index (κ1) is 22.2. The second-order valence-electron chi connectivity index (χ2n) is 6.62. The van der Waals surface area contributed by atoms with E-state index in [1.54, 1.807) is 0 Å². The molecule has 0 unspecified atom stereocenters. The molecule has 0 saturated heterocycles. The molecule has 0 aliphatic heterocycles. The van der Waals surface area contributed by atoms with Crippen LogP contribution in [0.1, 0.15) is 110 Å². The fraction of sp³-hybridized carbons (Fsp3) is 0.857. The predicted octanol–water partition coefficient (Wildman–Crippen LogP) is 6.98. The first-order valence-corrected chi connectivity index (χ1v) is 10.0. The molecule has 0 radical (unpaired) electrons. The van der Waals surface area contributed by atoms with Gasteiger partial charge in [-0.15, -0.1) is 0 Å². The molecule has 0 N–H and O–H groups in total. The van der Waals surface area contributed by atoms with Crippen LogP contribution in [0, 0.1) is 0 Å². The van der Waals surface area contributed by atoms with Crippen LogP contribution in [-0.4, -0.2) is 13.1 Å². The number of hydrogen-bond acceptors (Lipinski definition) is 2. The minimum atomic E-state index is -0.0704. The largest absolute Gasteiger partial charge is 0.469 e. The molecule has 0 aromatic heterocycles. The minimum Gasteiger partial charge on any atom is -0.469 e. The van der Waals surface area contributed by atoms with Crippen LogP contribution in [0.15, 0.2) is 12.2 Å². The third-order valence-corrected chi connectivity index (χ3v) is 4.37. The maximum absolute atomic E-state index is 10.9. The van der Waals surface area contributed by atoms with Gasteiger partial charge in [-0.05, 0) is 32.1 Å². The number of carbonyl (C=O) groups is 1. The van der Waals surface area contributed by atoms with Gasteiger partial charge >= 0.3 is 5.97 Å². The molecular formula is C21H40O2. The van der Waals surface area contributed by atoms with Crippen molar-refractivity contribution in [3.63, 3.8) is 0 Å². The first-order valence-electron chi connectivity index (χ1n) is 10.0. The first-order chi connectivity index (χ1) is 11.3. The van der Waals surface area contributed by atoms with Crippen molar-refractivity contribution in [2.75, 3.05) is 7.11 Å². The molecule has 0 bridgehead atoms. The Morgan fingerprint density at radius 3 is 1.61 bits per heavy atom. The molecule has 0 aliphatic carbocycles. The molecule has 0 atom stereocenters. The number of hydrogen-bond donors (Lipinski definition) is 0. The summed E-state index contributed by atoms with van der Waals surface area (Å²) in [5.74, 6) is -0.0704. The summed E-state index contributed by atoms with van der Waals surface area (Å²) in [6.45, 7) is 2.27. The van der Waals surface area contributed by atoms with Crippen LogP contribution in [0.3, 0.4) is 0 Å². The van der Waals surface area contributed by atoms with Gasteiger partial charge in [-0.2, -0.15) is 0 Å². The van der Waals surface area contributed by atoms with Gasteiger partial charge in [0.1, 0.15) is 0 Å². The third kappa shape index (κ3) is 19.2. The highest BCUT2D eigenvalue weighted by Crippen LogP contribution is 2.11. The van der Waals surface area contributed by atoms with Crippen molar-refractivity contribution in [1.29, 1.82) is 0 Å². The Balaban J connectivity index is 3.08. The zero-order chi connectivity index (χ0) is 17.0. The molecule has 0 fully saturated rings. The molecule has 0 aromatic rings. The van der Waals surface area contributed by atoms with Gasteiger partial charge in [0, 0.05) is 6.42 Å². The van der Waals surface area contributed by atoms with E-state index < -0.39 is 0 Å². The molecule has 23 heavy (non-hydrogen) atoms. The Kier molecular flexibility index (Phi) is 18.6. The molecule has 0 rings (SSSR count). The summed E-state index contributed by atoms with van der Waals surface area (Å²) in [5, 5.41) is 0. The number of unbranched alkanes of at least 4 members (excludes halogenated alkanes) is 13. The summed E-state index contributed by atoms with van der Waals surface area (Å²) < 4.78 is 4.63. The Morgan fingerprint density at radius 1 is 0.696 bits per heavy atom. The van der Waals surface area contributed by atoms with E-state index in [1.807, 2.05) is 0 Å². The van der Waals surface area contributed by atoms with E-state index in [9.17, 15) is 4.79 Å². The lowest BCUT2D eigenvalue weighted by Gasteiger charge is -2.01. The van der Waals surface area contributed by atoms with Gasteiger partial charge in [0.15, 0.2) is 0 Å². The molecule has 136 valence electrons. The molecule has 0 heterocycles. The third-order valence-electron chi connectivity index (χ3n) is 4.37. The van der Waals surface area contributed by atoms with Crippen molar-refractivity contribution >= 4 is 5.97 Å². The van der Waals surface area contributed by atoms with Crippen LogP contribution < -0.4 is 0 Å². The molecule has 0 saturated carbocycles. The highest BCUT2D eigenvalue weighted by atomic mass is 16.5. The number of ether oxygens (including phenoxy) is 1. The summed E-state index contributed by atoms with van der Waals surface area (Å²) in [6.07, 6.45) is 24.9. The van der Waals surface area contributed by atoms with E-state index in [-0.39, 0.29) is 5.97 Å². The molecule has 2 nitrogen and oxygen atoms in total. The van der Waals surface area contributed by atoms with E-state index in [1.165, 1.54) is 90.6 Å². The SMILES string of the molecule is CCCCCCCC=CCCCCCCCCCCC(=O)OC. The fourth-order valence-electron chi connectivity index (χ4n) is 2.80. The quantitative estimate of drug-likeness (QED) is 0.164. The standard InChI is InChI=1S/C21H40O2/c1-3-4-5-6-7-8-9-10-11-12-13-14-15-16-17-18-19-20-21(22)23-2/h9-10H,3-8,11-20H2,1-2H3. The van der Waals surface area contributed by atoms with Crippen molar-refractivity contribution in [3.05, 3.63) is 12.2 Å². The summed E-state index contributed by atoms with van der Waals surface area (Å²) in [6, 6.07) is 0. The smallest absolute Gasteiger partial charge is 0.305 e. The zero-order valence-electron chi connectivity index (χ0n) is 15.8. The average Bonchev–Trinajstić information content (AvgIpc) is 2.57. The maximum atomic E-state index is 10.9. The fourth-order valence-corrected chi connectivity index (χ4v) is 2.80. The number of esters is 1. The second kappa shape index (κ2) is 19.3. The van der Waals surface area contributed by atoms with Crippen molar-refractivity contribution in [1.82, 2.24) is 0 Å². The van der Waals surface area contributed by atoms with Gasteiger partial charge in [0.2, 0.25) is 0 Å². The van der Waals surface area contributed by atoms with Crippen molar-refractivity contribution in [2.24, 2.45) is 0 Å². The highest BCUT2D eigenvalue weighted by molar-refractivity contribution is 5.68. The summed E-state index contributed by atoms with van der Waals surface area (Å²) in [7, 11) is 1.46. The zero-order valence-corrected chi connectivity index (χ0v) is 15.8. The Bertz CT molecular complexity index is 271. The highest BCUT2D eigenvalue weighted by Gasteiger charge is 1.98. The normalized spacial score (nSPS) is 11.2. The second-order valence-corrected chi connectivity index (χ2v) is 6.62. The Labute approximate surface area is 145 Å². The van der Waals surface area contributed by atoms with Gasteiger partial charge in [-0.25, -0.2) is 0 Å². The lowest BCUT2D eigenvalue weighted by atomic mass is 10.1. The Hall–Kier alpha value is -0.790. The summed E-state index contributed by atoms with van der Waals surface area (Å²) in [4.78, 5) is 10.9. The summed E-state index contributed by atoms with van der Waals surface area (Å²) >= 11 is 0. The van der Waals surface area contributed by atoms with Crippen LogP contribution in [0.4, 0.5) is 0 Å². The molecule has 0 amide bonds. The van der Waals surface area contributed by atoms with Gasteiger partial charge in [0.25, 0.3) is 0 Å². The van der Waals surface area contributed by atoms with Gasteiger partial charge in [-0.1, -0.05) is 83.3 Å². The van der Waals surface area contributed by atoms with Crippen molar-refractivity contribution < 1.29 is 9.53 Å². The number of carbonyl (C=O) groups excluding carboxylic acids is 1. The lowest BCUT2D eigenvalue weighted by molar-refractivity contribution is -0.140. The maximum Gasteiger partial charge on any atom is 0.305 e. The topological polar surface area (TPSA) is 26.3 Å². The van der Waals surface area contributed by atoms with E-state index in [2.05, 4.69) is 23.8 Å². The Morgan fingerprint density at radius 2 is 1.13 bits per heavy atom. The van der Waals surface area contributed by atoms with E-state index in [4.69, 9.17) is 0 Å². The van der Waals surface area contributed by atoms with Gasteiger partial charge < -0.3 is 4.74 Å². The number of methoxy groups -OCH3 is 1. The lowest BCUT2D eigenvalue weighted by Crippen LogP contribution is -1.99. The number of rotatable bonds is 17. The van der Waals surface area contributed by atoms with Crippen LogP contribution in [0.25, 0.3) is 0 Å².